The summed E-state index contributed by atoms with van der Waals surface area (Å²) < 4.78 is 5.55. The number of amides is 1. The lowest BCUT2D eigenvalue weighted by Crippen LogP contribution is -2.42. The maximum absolute atomic E-state index is 11.5. The number of ether oxygens (including phenoxy) is 1. The molecule has 0 saturated carbocycles. The molecule has 1 amide bonds. The summed E-state index contributed by atoms with van der Waals surface area (Å²) in [7, 11) is 1.77. The lowest BCUT2D eigenvalue weighted by atomic mass is 10.1. The van der Waals surface area contributed by atoms with E-state index in [9.17, 15) is 4.79 Å². The molecule has 0 aliphatic heterocycles. The average Bonchev–Trinajstić information content (AvgIpc) is 2.75. The Morgan fingerprint density at radius 1 is 1.07 bits per heavy atom. The van der Waals surface area contributed by atoms with Gasteiger partial charge in [-0.15, -0.1) is 0 Å². The first-order chi connectivity index (χ1) is 14.1. The number of aliphatic imine (C=N–C) groups is 1. The minimum atomic E-state index is -0.120. The molecule has 0 aliphatic rings. The smallest absolute Gasteiger partial charge is 0.257 e. The Bertz CT molecular complexity index is 777. The maximum Gasteiger partial charge on any atom is 0.257 e. The van der Waals surface area contributed by atoms with Crippen LogP contribution in [0.1, 0.15) is 31.4 Å². The summed E-state index contributed by atoms with van der Waals surface area (Å²) in [5.74, 6) is 1.32. The van der Waals surface area contributed by atoms with Gasteiger partial charge in [-0.1, -0.05) is 42.5 Å². The van der Waals surface area contributed by atoms with Crippen LogP contribution in [0.15, 0.2) is 59.6 Å². The zero-order valence-electron chi connectivity index (χ0n) is 17.6. The highest BCUT2D eigenvalue weighted by atomic mass is 16.5. The van der Waals surface area contributed by atoms with Gasteiger partial charge < -0.3 is 20.7 Å². The van der Waals surface area contributed by atoms with Crippen molar-refractivity contribution in [3.63, 3.8) is 0 Å². The van der Waals surface area contributed by atoms with Crippen LogP contribution < -0.4 is 20.7 Å². The molecule has 0 spiro atoms. The van der Waals surface area contributed by atoms with E-state index >= 15 is 0 Å². The van der Waals surface area contributed by atoms with Crippen LogP contribution >= 0.6 is 0 Å². The van der Waals surface area contributed by atoms with Crippen molar-refractivity contribution in [1.29, 1.82) is 0 Å². The van der Waals surface area contributed by atoms with Crippen LogP contribution in [0.25, 0.3) is 0 Å². The third-order valence-corrected chi connectivity index (χ3v) is 4.42. The highest BCUT2D eigenvalue weighted by Crippen LogP contribution is 2.13. The topological polar surface area (TPSA) is 74.8 Å². The molecule has 156 valence electrons. The molecule has 29 heavy (non-hydrogen) atoms. The number of hydrogen-bond acceptors (Lipinski definition) is 3. The average molecular weight is 397 g/mol. The Morgan fingerprint density at radius 2 is 1.83 bits per heavy atom. The van der Waals surface area contributed by atoms with Gasteiger partial charge in [0.05, 0.1) is 0 Å². The zero-order valence-corrected chi connectivity index (χ0v) is 17.6. The Balaban J connectivity index is 1.78. The summed E-state index contributed by atoms with van der Waals surface area (Å²) >= 11 is 0. The van der Waals surface area contributed by atoms with Crippen molar-refractivity contribution in [1.82, 2.24) is 16.0 Å². The Labute approximate surface area is 173 Å². The van der Waals surface area contributed by atoms with Gasteiger partial charge in [0.1, 0.15) is 5.75 Å². The normalized spacial score (nSPS) is 12.2. The first-order valence-corrected chi connectivity index (χ1v) is 10.1. The molecular weight excluding hydrogens is 364 g/mol. The largest absolute Gasteiger partial charge is 0.484 e. The zero-order chi connectivity index (χ0) is 20.9. The van der Waals surface area contributed by atoms with E-state index in [4.69, 9.17) is 4.74 Å². The number of aryl methyl sites for hydroxylation is 1. The van der Waals surface area contributed by atoms with Gasteiger partial charge in [0.25, 0.3) is 5.91 Å². The van der Waals surface area contributed by atoms with Crippen LogP contribution in [0.3, 0.4) is 0 Å². The van der Waals surface area contributed by atoms with Gasteiger partial charge in [0, 0.05) is 26.2 Å². The van der Waals surface area contributed by atoms with Gasteiger partial charge >= 0.3 is 0 Å². The molecule has 0 bridgehead atoms. The van der Waals surface area contributed by atoms with Crippen molar-refractivity contribution in [2.24, 2.45) is 4.99 Å². The summed E-state index contributed by atoms with van der Waals surface area (Å²) in [6.07, 6.45) is 2.05. The highest BCUT2D eigenvalue weighted by molar-refractivity contribution is 5.80. The van der Waals surface area contributed by atoms with Crippen molar-refractivity contribution in [2.45, 2.75) is 39.3 Å². The number of hydrogen-bond donors (Lipinski definition) is 3. The molecule has 0 radical (unpaired) electrons. The van der Waals surface area contributed by atoms with Crippen LogP contribution in [0.4, 0.5) is 0 Å². The number of nitrogens with one attached hydrogen (secondary N) is 3. The fourth-order valence-corrected chi connectivity index (χ4v) is 2.86. The highest BCUT2D eigenvalue weighted by Gasteiger charge is 2.07. The van der Waals surface area contributed by atoms with E-state index in [-0.39, 0.29) is 12.5 Å². The quantitative estimate of drug-likeness (QED) is 0.426. The Morgan fingerprint density at radius 3 is 2.55 bits per heavy atom. The van der Waals surface area contributed by atoms with Crippen LogP contribution in [0, 0.1) is 0 Å². The number of likely N-dealkylation sites (N-methyl/N-ethyl adjacent to an activating group) is 1. The molecule has 0 heterocycles. The number of carbonyl (C=O) groups is 1. The van der Waals surface area contributed by atoms with Gasteiger partial charge in [-0.25, -0.2) is 0 Å². The minimum absolute atomic E-state index is 0.0207. The van der Waals surface area contributed by atoms with Crippen LogP contribution in [-0.4, -0.2) is 38.1 Å². The van der Waals surface area contributed by atoms with Crippen molar-refractivity contribution in [3.8, 4) is 5.75 Å². The standard InChI is InChI=1S/C23H32N4O2/c1-4-25-22(28)17-29-21-12-8-11-20(15-21)16-26-23(24-3)27-18(2)13-14-19-9-6-5-7-10-19/h5-12,15,18H,4,13-14,16-17H2,1-3H3,(H,25,28)(H2,24,26,27). The lowest BCUT2D eigenvalue weighted by molar-refractivity contribution is -0.122. The third-order valence-electron chi connectivity index (χ3n) is 4.42. The van der Waals surface area contributed by atoms with Gasteiger partial charge in [-0.3, -0.25) is 9.79 Å². The SMILES string of the molecule is CCNC(=O)COc1cccc(CNC(=NC)NC(C)CCc2ccccc2)c1. The molecule has 0 aliphatic carbocycles. The number of benzene rings is 2. The van der Waals surface area contributed by atoms with Gasteiger partial charge in [-0.05, 0) is 49.9 Å². The molecule has 2 aromatic rings. The molecule has 3 N–H and O–H groups in total. The first kappa shape index (κ1) is 22.3. The molecule has 6 heteroatoms. The summed E-state index contributed by atoms with van der Waals surface area (Å²) in [5, 5.41) is 9.48. The van der Waals surface area contributed by atoms with Crippen molar-refractivity contribution >= 4 is 11.9 Å². The molecular formula is C23H32N4O2. The first-order valence-electron chi connectivity index (χ1n) is 10.1. The van der Waals surface area contributed by atoms with Crippen molar-refractivity contribution in [2.75, 3.05) is 20.2 Å². The second kappa shape index (κ2) is 12.4. The molecule has 0 aromatic heterocycles. The van der Waals surface area contributed by atoms with Gasteiger partial charge in [0.2, 0.25) is 0 Å². The van der Waals surface area contributed by atoms with E-state index in [1.54, 1.807) is 7.05 Å². The van der Waals surface area contributed by atoms with Crippen molar-refractivity contribution in [3.05, 3.63) is 65.7 Å². The van der Waals surface area contributed by atoms with E-state index < -0.39 is 0 Å². The van der Waals surface area contributed by atoms with Crippen LogP contribution in [0.2, 0.25) is 0 Å². The molecule has 2 aromatic carbocycles. The number of guanidine groups is 1. The van der Waals surface area contributed by atoms with Crippen LogP contribution in [0.5, 0.6) is 5.75 Å². The van der Waals surface area contributed by atoms with E-state index in [2.05, 4.69) is 52.1 Å². The van der Waals surface area contributed by atoms with E-state index in [1.807, 2.05) is 37.3 Å². The number of nitrogens with zero attached hydrogens (tertiary/aromatic N) is 1. The second-order valence-corrected chi connectivity index (χ2v) is 6.89. The summed E-state index contributed by atoms with van der Waals surface area (Å²) in [4.78, 5) is 15.8. The molecule has 2 rings (SSSR count). The van der Waals surface area contributed by atoms with E-state index in [1.165, 1.54) is 5.56 Å². The maximum atomic E-state index is 11.5. The lowest BCUT2D eigenvalue weighted by Gasteiger charge is -2.18. The van der Waals surface area contributed by atoms with Gasteiger partial charge in [-0.2, -0.15) is 0 Å². The number of carbonyl (C=O) groups excluding carboxylic acids is 1. The second-order valence-electron chi connectivity index (χ2n) is 6.89. The summed E-state index contributed by atoms with van der Waals surface area (Å²) in [5.41, 5.74) is 2.40. The molecule has 0 saturated heterocycles. The summed E-state index contributed by atoms with van der Waals surface area (Å²) in [6.45, 7) is 5.28. The fraction of sp³-hybridized carbons (Fsp3) is 0.391. The minimum Gasteiger partial charge on any atom is -0.484 e. The molecule has 1 atom stereocenters. The molecule has 6 nitrogen and oxygen atoms in total. The van der Waals surface area contributed by atoms with E-state index in [0.717, 1.165) is 24.4 Å². The van der Waals surface area contributed by atoms with Crippen LogP contribution in [-0.2, 0) is 17.8 Å². The fourth-order valence-electron chi connectivity index (χ4n) is 2.86. The predicted molar refractivity (Wildman–Crippen MR) is 118 cm³/mol. The predicted octanol–water partition coefficient (Wildman–Crippen LogP) is 2.89. The third kappa shape index (κ3) is 8.68. The monoisotopic (exact) mass is 396 g/mol. The Kier molecular flexibility index (Phi) is 9.55. The molecule has 1 unspecified atom stereocenters. The van der Waals surface area contributed by atoms with E-state index in [0.29, 0.717) is 24.9 Å². The number of rotatable bonds is 10. The van der Waals surface area contributed by atoms with Crippen molar-refractivity contribution < 1.29 is 9.53 Å². The Hall–Kier alpha value is -3.02. The summed E-state index contributed by atoms with van der Waals surface area (Å²) in [6, 6.07) is 18.5. The molecule has 0 fully saturated rings. The van der Waals surface area contributed by atoms with Gasteiger partial charge in [0.15, 0.2) is 12.6 Å².